The predicted octanol–water partition coefficient (Wildman–Crippen LogP) is 6.84. The number of halogens is 1. The molecule has 0 unspecified atom stereocenters. The van der Waals surface area contributed by atoms with Gasteiger partial charge < -0.3 is 14.4 Å². The van der Waals surface area contributed by atoms with E-state index in [2.05, 4.69) is 36.0 Å². The summed E-state index contributed by atoms with van der Waals surface area (Å²) in [6, 6.07) is 10.8. The van der Waals surface area contributed by atoms with Crippen LogP contribution in [-0.2, 0) is 13.6 Å². The second kappa shape index (κ2) is 11.1. The monoisotopic (exact) mass is 586 g/mol. The average Bonchev–Trinajstić information content (AvgIpc) is 3.60. The van der Waals surface area contributed by atoms with E-state index in [4.69, 9.17) is 31.0 Å². The van der Waals surface area contributed by atoms with Crippen molar-refractivity contribution in [3.05, 3.63) is 93.0 Å². The number of hydrogen-bond acceptors (Lipinski definition) is 8. The van der Waals surface area contributed by atoms with E-state index < -0.39 is 4.92 Å². The van der Waals surface area contributed by atoms with Crippen LogP contribution in [0.3, 0.4) is 0 Å². The second-order valence-corrected chi connectivity index (χ2v) is 12.0. The van der Waals surface area contributed by atoms with E-state index in [9.17, 15) is 10.1 Å². The number of allylic oxidation sites excluding steroid dienone is 1. The number of anilines is 1. The summed E-state index contributed by atoms with van der Waals surface area (Å²) in [6.07, 6.45) is 10.1. The van der Waals surface area contributed by atoms with E-state index in [1.807, 2.05) is 19.3 Å². The number of benzene rings is 2. The Balaban J connectivity index is 1.40. The Morgan fingerprint density at radius 2 is 1.81 bits per heavy atom. The molecule has 0 amide bonds. The number of nitro benzene ring substituents is 1. The van der Waals surface area contributed by atoms with E-state index in [1.165, 1.54) is 17.2 Å². The second-order valence-electron chi connectivity index (χ2n) is 11.6. The summed E-state index contributed by atoms with van der Waals surface area (Å²) in [7, 11) is 1.86. The molecule has 0 atom stereocenters. The summed E-state index contributed by atoms with van der Waals surface area (Å²) < 4.78 is 13.0. The molecule has 42 heavy (non-hydrogen) atoms. The first kappa shape index (κ1) is 27.7. The number of fused-ring (bicyclic) bond motifs is 1. The summed E-state index contributed by atoms with van der Waals surface area (Å²) in [5, 5.41) is 16.1. The van der Waals surface area contributed by atoms with E-state index >= 15 is 0 Å². The molecule has 3 heterocycles. The summed E-state index contributed by atoms with van der Waals surface area (Å²) in [5.74, 6) is 2.02. The quantitative estimate of drug-likeness (QED) is 0.163. The van der Waals surface area contributed by atoms with Gasteiger partial charge in [0.25, 0.3) is 5.69 Å². The van der Waals surface area contributed by atoms with Crippen LogP contribution in [0.15, 0.2) is 66.8 Å². The molecule has 0 fully saturated rings. The van der Waals surface area contributed by atoms with Gasteiger partial charge in [0, 0.05) is 67.0 Å². The largest absolute Gasteiger partial charge is 0.454 e. The minimum atomic E-state index is -0.428. The van der Waals surface area contributed by atoms with Crippen LogP contribution in [0.1, 0.15) is 44.2 Å². The maximum absolute atomic E-state index is 11.6. The van der Waals surface area contributed by atoms with Gasteiger partial charge in [0.1, 0.15) is 0 Å². The van der Waals surface area contributed by atoms with Gasteiger partial charge in [-0.25, -0.2) is 9.97 Å². The lowest BCUT2D eigenvalue weighted by molar-refractivity contribution is -0.384. The molecule has 2 aliphatic rings. The Morgan fingerprint density at radius 3 is 2.55 bits per heavy atom. The number of aryl methyl sites for hydroxylation is 1. The molecule has 0 bridgehead atoms. The number of aromatic nitrogens is 4. The van der Waals surface area contributed by atoms with Crippen molar-refractivity contribution >= 4 is 28.8 Å². The fourth-order valence-electron chi connectivity index (χ4n) is 5.68. The van der Waals surface area contributed by atoms with E-state index in [0.29, 0.717) is 29.6 Å². The van der Waals surface area contributed by atoms with Crippen molar-refractivity contribution in [2.45, 2.75) is 39.7 Å². The highest BCUT2D eigenvalue weighted by Crippen LogP contribution is 2.45. The normalized spacial score (nSPS) is 15.6. The Kier molecular flexibility index (Phi) is 7.32. The van der Waals surface area contributed by atoms with Crippen LogP contribution in [0.5, 0.6) is 11.5 Å². The maximum Gasteiger partial charge on any atom is 0.271 e. The lowest BCUT2D eigenvalue weighted by Crippen LogP contribution is -2.30. The molecule has 10 nitrogen and oxygen atoms in total. The molecular formula is C31H31ClN6O4. The first-order chi connectivity index (χ1) is 20.1. The van der Waals surface area contributed by atoms with E-state index in [-0.39, 0.29) is 17.9 Å². The number of hydrogen-bond donors (Lipinski definition) is 0. The molecule has 1 aliphatic carbocycles. The van der Waals surface area contributed by atoms with Gasteiger partial charge >= 0.3 is 0 Å². The zero-order valence-electron chi connectivity index (χ0n) is 23.7. The van der Waals surface area contributed by atoms with Gasteiger partial charge in [0.05, 0.1) is 11.1 Å². The minimum Gasteiger partial charge on any atom is -0.454 e. The Morgan fingerprint density at radius 1 is 1.02 bits per heavy atom. The van der Waals surface area contributed by atoms with Crippen LogP contribution in [-0.4, -0.2) is 38.0 Å². The van der Waals surface area contributed by atoms with Crippen LogP contribution in [0.25, 0.3) is 16.7 Å². The Hall–Kier alpha value is -4.44. The first-order valence-corrected chi connectivity index (χ1v) is 14.1. The zero-order valence-corrected chi connectivity index (χ0v) is 24.5. The number of ether oxygens (including phenoxy) is 2. The van der Waals surface area contributed by atoms with Gasteiger partial charge in [-0.1, -0.05) is 31.5 Å². The fourth-order valence-corrected chi connectivity index (χ4v) is 5.93. The van der Waals surface area contributed by atoms with Gasteiger partial charge in [0.15, 0.2) is 11.5 Å². The number of non-ortho nitro benzene ring substituents is 1. The minimum absolute atomic E-state index is 0.0515. The van der Waals surface area contributed by atoms with Crippen LogP contribution in [0, 0.1) is 15.5 Å². The molecule has 1 aliphatic heterocycles. The Bertz CT molecular complexity index is 1680. The lowest BCUT2D eigenvalue weighted by atomic mass is 9.72. The van der Waals surface area contributed by atoms with Crippen molar-refractivity contribution in [1.29, 1.82) is 0 Å². The van der Waals surface area contributed by atoms with Crippen molar-refractivity contribution in [3.63, 3.8) is 0 Å². The highest BCUT2D eigenvalue weighted by atomic mass is 35.5. The van der Waals surface area contributed by atoms with Crippen LogP contribution in [0.2, 0.25) is 5.02 Å². The molecule has 216 valence electrons. The van der Waals surface area contributed by atoms with Crippen LogP contribution in [0.4, 0.5) is 11.6 Å². The molecule has 0 N–H and O–H groups in total. The summed E-state index contributed by atoms with van der Waals surface area (Å²) >= 11 is 6.30. The van der Waals surface area contributed by atoms with Gasteiger partial charge in [-0.2, -0.15) is 5.10 Å². The van der Waals surface area contributed by atoms with Gasteiger partial charge in [0.2, 0.25) is 12.7 Å². The molecular weight excluding hydrogens is 556 g/mol. The number of nitrogens with zero attached hydrogens (tertiary/aromatic N) is 6. The molecule has 0 saturated heterocycles. The van der Waals surface area contributed by atoms with Crippen molar-refractivity contribution in [2.24, 2.45) is 12.5 Å². The summed E-state index contributed by atoms with van der Waals surface area (Å²) in [4.78, 5) is 22.7. The lowest BCUT2D eigenvalue weighted by Gasteiger charge is -2.36. The van der Waals surface area contributed by atoms with Crippen molar-refractivity contribution in [1.82, 2.24) is 19.7 Å². The highest BCUT2D eigenvalue weighted by Gasteiger charge is 2.30. The van der Waals surface area contributed by atoms with E-state index in [1.54, 1.807) is 35.4 Å². The molecule has 2 aromatic carbocycles. The number of rotatable bonds is 8. The highest BCUT2D eigenvalue weighted by molar-refractivity contribution is 6.30. The van der Waals surface area contributed by atoms with Crippen LogP contribution < -0.4 is 14.4 Å². The van der Waals surface area contributed by atoms with E-state index in [0.717, 1.165) is 47.5 Å². The zero-order chi connectivity index (χ0) is 29.4. The SMILES string of the molecule is Cn1cc(-c2cnc(N(CC3=C(c4ccc5c(c4)OCO5)CCC(C)(C)C3)Cc3cc(Cl)cc([N+](=O)[O-])c3)nc2)cn1. The maximum atomic E-state index is 11.6. The van der Waals surface area contributed by atoms with Gasteiger partial charge in [-0.15, -0.1) is 0 Å². The smallest absolute Gasteiger partial charge is 0.271 e. The standard InChI is InChI=1S/C31H31ClN6O4/c1-31(2)7-6-27(21-4-5-28-29(10-21)42-19-41-28)22(12-31)18-37(16-20-8-25(32)11-26(9-20)38(39)40)30-33-13-23(14-34-30)24-15-35-36(3)17-24/h4-5,8-11,13-15,17H,6-7,12,16,18-19H2,1-3H3. The molecule has 0 spiro atoms. The number of nitro groups is 1. The third-order valence-corrected chi connectivity index (χ3v) is 7.98. The summed E-state index contributed by atoms with van der Waals surface area (Å²) in [5.41, 5.74) is 6.17. The van der Waals surface area contributed by atoms with Gasteiger partial charge in [-0.3, -0.25) is 14.8 Å². The molecule has 4 aromatic rings. The van der Waals surface area contributed by atoms with Gasteiger partial charge in [-0.05, 0) is 65.1 Å². The molecule has 0 radical (unpaired) electrons. The molecule has 6 rings (SSSR count). The summed E-state index contributed by atoms with van der Waals surface area (Å²) in [6.45, 7) is 5.68. The first-order valence-electron chi connectivity index (χ1n) is 13.7. The fraction of sp³-hybridized carbons (Fsp3) is 0.323. The molecule has 0 saturated carbocycles. The third kappa shape index (κ3) is 5.94. The topological polar surface area (TPSA) is 108 Å². The van der Waals surface area contributed by atoms with Crippen molar-refractivity contribution in [2.75, 3.05) is 18.2 Å². The van der Waals surface area contributed by atoms with Crippen molar-refractivity contribution < 1.29 is 14.4 Å². The predicted molar refractivity (Wildman–Crippen MR) is 161 cm³/mol. The third-order valence-electron chi connectivity index (χ3n) is 7.76. The average molecular weight is 587 g/mol. The van der Waals surface area contributed by atoms with Crippen LogP contribution >= 0.6 is 11.6 Å². The molecule has 11 heteroatoms. The van der Waals surface area contributed by atoms with Crippen molar-refractivity contribution in [3.8, 4) is 22.6 Å². The Labute approximate surface area is 248 Å². The molecule has 2 aromatic heterocycles.